The molecule has 1 N–H and O–H groups in total. The lowest BCUT2D eigenvalue weighted by atomic mass is 9.77. The second-order valence-electron chi connectivity index (χ2n) is 7.34. The maximum Gasteiger partial charge on any atom is 0.226 e. The lowest BCUT2D eigenvalue weighted by molar-refractivity contribution is -0.159. The average Bonchev–Trinajstić information content (AvgIpc) is 2.63. The van der Waals surface area contributed by atoms with Gasteiger partial charge in [0.1, 0.15) is 0 Å². The van der Waals surface area contributed by atoms with Gasteiger partial charge in [-0.25, -0.2) is 0 Å². The predicted molar refractivity (Wildman–Crippen MR) is 72.2 cm³/mol. The van der Waals surface area contributed by atoms with Crippen LogP contribution >= 0.6 is 0 Å². The molecule has 0 atom stereocenters. The van der Waals surface area contributed by atoms with Gasteiger partial charge >= 0.3 is 0 Å². The molecule has 1 heterocycles. The van der Waals surface area contributed by atoms with Crippen molar-refractivity contribution < 1.29 is 9.90 Å². The highest BCUT2D eigenvalue weighted by molar-refractivity contribution is 5.80. The number of aliphatic hydroxyl groups is 1. The molecule has 1 aliphatic carbocycles. The fraction of sp³-hybridized carbons (Fsp3) is 0.933. The van der Waals surface area contributed by atoms with Crippen LogP contribution in [0, 0.1) is 5.92 Å². The summed E-state index contributed by atoms with van der Waals surface area (Å²) in [6.07, 6.45) is 5.56. The van der Waals surface area contributed by atoms with Gasteiger partial charge in [0.2, 0.25) is 5.91 Å². The average molecular weight is 253 g/mol. The zero-order valence-corrected chi connectivity index (χ0v) is 12.2. The number of hydrogen-bond donors (Lipinski definition) is 1. The first-order valence-electron chi connectivity index (χ1n) is 7.26. The minimum atomic E-state index is -0.289. The Morgan fingerprint density at radius 2 is 1.50 bits per heavy atom. The van der Waals surface area contributed by atoms with E-state index in [0.29, 0.717) is 18.7 Å². The van der Waals surface area contributed by atoms with Crippen LogP contribution in [0.25, 0.3) is 0 Å². The molecule has 2 rings (SSSR count). The van der Waals surface area contributed by atoms with Crippen LogP contribution in [0.3, 0.4) is 0 Å². The molecule has 1 saturated heterocycles. The van der Waals surface area contributed by atoms with Gasteiger partial charge in [-0.3, -0.25) is 4.79 Å². The highest BCUT2D eigenvalue weighted by atomic mass is 16.3. The van der Waals surface area contributed by atoms with E-state index in [4.69, 9.17) is 0 Å². The van der Waals surface area contributed by atoms with Gasteiger partial charge in [-0.15, -0.1) is 0 Å². The first kappa shape index (κ1) is 13.9. The summed E-state index contributed by atoms with van der Waals surface area (Å²) in [5, 5.41) is 10.0. The second kappa shape index (κ2) is 4.52. The first-order chi connectivity index (χ1) is 8.24. The maximum absolute atomic E-state index is 12.8. The topological polar surface area (TPSA) is 40.5 Å². The van der Waals surface area contributed by atoms with Crippen LogP contribution in [0.2, 0.25) is 0 Å². The number of nitrogens with zero attached hydrogens (tertiary/aromatic N) is 1. The summed E-state index contributed by atoms with van der Waals surface area (Å²) >= 11 is 0. The predicted octanol–water partition coefficient (Wildman–Crippen LogP) is 2.72. The third-order valence-electron chi connectivity index (χ3n) is 4.61. The number of rotatable bonds is 1. The molecule has 2 aliphatic rings. The molecule has 104 valence electrons. The van der Waals surface area contributed by atoms with Crippen molar-refractivity contribution in [2.45, 2.75) is 83.4 Å². The molecule has 2 fully saturated rings. The maximum atomic E-state index is 12.8. The van der Waals surface area contributed by atoms with Crippen molar-refractivity contribution in [2.24, 2.45) is 5.92 Å². The Morgan fingerprint density at radius 3 is 1.94 bits per heavy atom. The van der Waals surface area contributed by atoms with Crippen LogP contribution in [0.1, 0.15) is 66.2 Å². The van der Waals surface area contributed by atoms with Gasteiger partial charge < -0.3 is 10.0 Å². The third kappa shape index (κ3) is 2.42. The van der Waals surface area contributed by atoms with E-state index >= 15 is 0 Å². The zero-order chi connectivity index (χ0) is 13.6. The van der Waals surface area contributed by atoms with Gasteiger partial charge in [-0.1, -0.05) is 12.8 Å². The lowest BCUT2D eigenvalue weighted by Gasteiger charge is -2.55. The molecule has 0 aromatic heterocycles. The largest absolute Gasteiger partial charge is 0.393 e. The minimum Gasteiger partial charge on any atom is -0.393 e. The molecule has 0 bridgehead atoms. The van der Waals surface area contributed by atoms with Crippen LogP contribution < -0.4 is 0 Å². The zero-order valence-electron chi connectivity index (χ0n) is 12.2. The van der Waals surface area contributed by atoms with Gasteiger partial charge in [0, 0.05) is 17.0 Å². The number of hydrogen-bond acceptors (Lipinski definition) is 2. The number of aliphatic hydroxyl groups excluding tert-OH is 1. The molecule has 1 amide bonds. The van der Waals surface area contributed by atoms with Crippen molar-refractivity contribution in [2.75, 3.05) is 0 Å². The van der Waals surface area contributed by atoms with Crippen molar-refractivity contribution in [3.8, 4) is 0 Å². The van der Waals surface area contributed by atoms with E-state index in [1.54, 1.807) is 0 Å². The summed E-state index contributed by atoms with van der Waals surface area (Å²) in [6, 6.07) is 0. The normalized spacial score (nSPS) is 28.6. The molecule has 0 spiro atoms. The van der Waals surface area contributed by atoms with Gasteiger partial charge in [0.15, 0.2) is 0 Å². The Balaban J connectivity index is 2.24. The van der Waals surface area contributed by atoms with E-state index in [2.05, 4.69) is 32.6 Å². The minimum absolute atomic E-state index is 0.221. The van der Waals surface area contributed by atoms with Crippen LogP contribution in [0.15, 0.2) is 0 Å². The van der Waals surface area contributed by atoms with E-state index in [1.807, 2.05) is 0 Å². The molecule has 0 unspecified atom stereocenters. The van der Waals surface area contributed by atoms with E-state index in [-0.39, 0.29) is 23.1 Å². The lowest BCUT2D eigenvalue weighted by Crippen LogP contribution is -2.64. The molecule has 0 radical (unpaired) electrons. The van der Waals surface area contributed by atoms with E-state index in [9.17, 15) is 9.90 Å². The summed E-state index contributed by atoms with van der Waals surface area (Å²) in [6.45, 7) is 8.35. The van der Waals surface area contributed by atoms with Crippen molar-refractivity contribution >= 4 is 5.91 Å². The number of amides is 1. The van der Waals surface area contributed by atoms with Crippen molar-refractivity contribution in [1.82, 2.24) is 4.90 Å². The van der Waals surface area contributed by atoms with Gasteiger partial charge in [0.25, 0.3) is 0 Å². The number of piperidine rings is 1. The van der Waals surface area contributed by atoms with Crippen molar-refractivity contribution in [3.05, 3.63) is 0 Å². The molecular formula is C15H27NO2. The molecule has 18 heavy (non-hydrogen) atoms. The van der Waals surface area contributed by atoms with Crippen LogP contribution in [-0.2, 0) is 4.79 Å². The smallest absolute Gasteiger partial charge is 0.226 e. The Morgan fingerprint density at radius 1 is 1.06 bits per heavy atom. The Bertz CT molecular complexity index is 311. The van der Waals surface area contributed by atoms with E-state index in [0.717, 1.165) is 12.8 Å². The number of carbonyl (C=O) groups excluding carboxylic acids is 1. The first-order valence-corrected chi connectivity index (χ1v) is 7.26. The van der Waals surface area contributed by atoms with Crippen LogP contribution in [-0.4, -0.2) is 33.1 Å². The molecule has 1 saturated carbocycles. The summed E-state index contributed by atoms with van der Waals surface area (Å²) in [4.78, 5) is 14.9. The van der Waals surface area contributed by atoms with E-state index in [1.165, 1.54) is 12.8 Å². The highest BCUT2D eigenvalue weighted by Gasteiger charge is 2.48. The molecule has 0 aromatic carbocycles. The molecule has 0 aromatic rings. The Labute approximate surface area is 111 Å². The summed E-state index contributed by atoms with van der Waals surface area (Å²) < 4.78 is 0. The summed E-state index contributed by atoms with van der Waals surface area (Å²) in [5.41, 5.74) is -0.471. The fourth-order valence-electron chi connectivity index (χ4n) is 4.18. The number of likely N-dealkylation sites (tertiary alicyclic amines) is 1. The van der Waals surface area contributed by atoms with E-state index < -0.39 is 0 Å². The quantitative estimate of drug-likeness (QED) is 0.780. The van der Waals surface area contributed by atoms with Crippen LogP contribution in [0.5, 0.6) is 0 Å². The monoisotopic (exact) mass is 253 g/mol. The van der Waals surface area contributed by atoms with Crippen LogP contribution in [0.4, 0.5) is 0 Å². The van der Waals surface area contributed by atoms with Gasteiger partial charge in [0.05, 0.1) is 6.10 Å². The molecular weight excluding hydrogens is 226 g/mol. The summed E-state index contributed by atoms with van der Waals surface area (Å²) in [7, 11) is 0. The standard InChI is InChI=1S/C15H27NO2/c1-14(2)9-12(17)10-15(3,4)16(14)13(18)11-7-5-6-8-11/h11-12,17H,5-10H2,1-4H3. The second-order valence-corrected chi connectivity index (χ2v) is 7.34. The SMILES string of the molecule is CC1(C)CC(O)CC(C)(C)N1C(=O)C1CCCC1. The molecule has 3 heteroatoms. The van der Waals surface area contributed by atoms with Crippen molar-refractivity contribution in [1.29, 1.82) is 0 Å². The Hall–Kier alpha value is -0.570. The molecule has 1 aliphatic heterocycles. The van der Waals surface area contributed by atoms with Gasteiger partial charge in [-0.05, 0) is 53.4 Å². The number of carbonyl (C=O) groups is 1. The van der Waals surface area contributed by atoms with Crippen molar-refractivity contribution in [3.63, 3.8) is 0 Å². The third-order valence-corrected chi connectivity index (χ3v) is 4.61. The summed E-state index contributed by atoms with van der Waals surface area (Å²) in [5.74, 6) is 0.535. The highest BCUT2D eigenvalue weighted by Crippen LogP contribution is 2.41. The van der Waals surface area contributed by atoms with Gasteiger partial charge in [-0.2, -0.15) is 0 Å². The molecule has 3 nitrogen and oxygen atoms in total. The Kier molecular flexibility index (Phi) is 3.48. The fourth-order valence-corrected chi connectivity index (χ4v) is 4.18.